The third-order valence-electron chi connectivity index (χ3n) is 6.25. The molecule has 0 bridgehead atoms. The van der Waals surface area contributed by atoms with Gasteiger partial charge in [-0.25, -0.2) is 4.57 Å². The Bertz CT molecular complexity index is 861. The Morgan fingerprint density at radius 2 is 1.97 bits per heavy atom. The predicted molar refractivity (Wildman–Crippen MR) is 120 cm³/mol. The lowest BCUT2D eigenvalue weighted by Crippen LogP contribution is -2.41. The van der Waals surface area contributed by atoms with E-state index in [2.05, 4.69) is 30.5 Å². The zero-order chi connectivity index (χ0) is 22.6. The smallest absolute Gasteiger partial charge is 0.469 e. The third kappa shape index (κ3) is 6.75. The standard InChI is InChI=1S/C23H34NO6P/c1-16-12-18(13-17(2)22(16)28-3)9-11-29-21-6-4-19(5-7-21)20-8-10-23(24,14-20)15-30-31(25,26)27/h4-7,12-13,16,20,22H,8-11,14-15,24H2,1-3H3,(H2,25,26,27)/t16?,20-,22?,23-/m1/s1. The summed E-state index contributed by atoms with van der Waals surface area (Å²) in [5.41, 5.74) is 9.26. The van der Waals surface area contributed by atoms with Crippen molar-refractivity contribution in [1.82, 2.24) is 0 Å². The number of phosphoric ester groups is 1. The lowest BCUT2D eigenvalue weighted by Gasteiger charge is -2.26. The molecule has 2 aliphatic rings. The van der Waals surface area contributed by atoms with Crippen LogP contribution in [0.15, 0.2) is 47.6 Å². The average molecular weight is 452 g/mol. The molecule has 1 aromatic carbocycles. The second-order valence-corrected chi connectivity index (χ2v) is 10.1. The van der Waals surface area contributed by atoms with Crippen molar-refractivity contribution in [2.75, 3.05) is 20.3 Å². The molecule has 0 aromatic heterocycles. The Balaban J connectivity index is 1.48. The van der Waals surface area contributed by atoms with Gasteiger partial charge in [-0.1, -0.05) is 31.2 Å². The van der Waals surface area contributed by atoms with Gasteiger partial charge >= 0.3 is 7.82 Å². The summed E-state index contributed by atoms with van der Waals surface area (Å²) in [6.45, 7) is 4.74. The molecule has 1 fully saturated rings. The molecule has 31 heavy (non-hydrogen) atoms. The molecule has 0 amide bonds. The molecule has 1 aromatic rings. The van der Waals surface area contributed by atoms with Crippen LogP contribution in [0.25, 0.3) is 0 Å². The SMILES string of the molecule is COC1C(C)=CC(CCOc2ccc([C@@H]3CC[C@](N)(COP(=O)(O)O)C3)cc2)=CC1C. The van der Waals surface area contributed by atoms with E-state index >= 15 is 0 Å². The first kappa shape index (κ1) is 24.2. The summed E-state index contributed by atoms with van der Waals surface area (Å²) in [5.74, 6) is 1.43. The van der Waals surface area contributed by atoms with Crippen LogP contribution in [-0.4, -0.2) is 41.8 Å². The Morgan fingerprint density at radius 3 is 2.58 bits per heavy atom. The highest BCUT2D eigenvalue weighted by atomic mass is 31.2. The molecule has 0 radical (unpaired) electrons. The molecular formula is C23H34NO6P. The quantitative estimate of drug-likeness (QED) is 0.485. The molecule has 0 heterocycles. The monoisotopic (exact) mass is 451 g/mol. The fourth-order valence-electron chi connectivity index (χ4n) is 4.73. The summed E-state index contributed by atoms with van der Waals surface area (Å²) in [6.07, 6.45) is 7.61. The Hall–Kier alpha value is -1.47. The number of ether oxygens (including phenoxy) is 2. The predicted octanol–water partition coefficient (Wildman–Crippen LogP) is 4.07. The minimum Gasteiger partial charge on any atom is -0.493 e. The van der Waals surface area contributed by atoms with Crippen LogP contribution in [0.2, 0.25) is 0 Å². The number of nitrogens with two attached hydrogens (primary N) is 1. The Labute approximate surface area is 184 Å². The van der Waals surface area contributed by atoms with Crippen LogP contribution in [0.3, 0.4) is 0 Å². The van der Waals surface area contributed by atoms with Gasteiger partial charge in [-0.2, -0.15) is 0 Å². The summed E-state index contributed by atoms with van der Waals surface area (Å²) >= 11 is 0. The van der Waals surface area contributed by atoms with Crippen LogP contribution in [0.4, 0.5) is 0 Å². The van der Waals surface area contributed by atoms with Gasteiger partial charge in [-0.15, -0.1) is 0 Å². The molecule has 0 saturated heterocycles. The van der Waals surface area contributed by atoms with Crippen molar-refractivity contribution in [3.8, 4) is 5.75 Å². The summed E-state index contributed by atoms with van der Waals surface area (Å²) in [4.78, 5) is 17.8. The van der Waals surface area contributed by atoms with E-state index in [0.29, 0.717) is 25.4 Å². The Kier molecular flexibility index (Phi) is 7.79. The largest absolute Gasteiger partial charge is 0.493 e. The van der Waals surface area contributed by atoms with E-state index in [0.717, 1.165) is 24.2 Å². The van der Waals surface area contributed by atoms with Gasteiger partial charge in [0.05, 0.1) is 19.3 Å². The summed E-state index contributed by atoms with van der Waals surface area (Å²) in [7, 11) is -2.75. The molecule has 2 aliphatic carbocycles. The number of rotatable bonds is 9. The number of benzene rings is 1. The molecular weight excluding hydrogens is 417 g/mol. The highest BCUT2D eigenvalue weighted by Gasteiger charge is 2.38. The van der Waals surface area contributed by atoms with Crippen molar-refractivity contribution >= 4 is 7.82 Å². The Morgan fingerprint density at radius 1 is 1.26 bits per heavy atom. The zero-order valence-electron chi connectivity index (χ0n) is 18.5. The van der Waals surface area contributed by atoms with Gasteiger partial charge in [-0.05, 0) is 60.9 Å². The fourth-order valence-corrected chi connectivity index (χ4v) is 5.15. The van der Waals surface area contributed by atoms with Crippen LogP contribution in [0.1, 0.15) is 51.0 Å². The van der Waals surface area contributed by atoms with Crippen molar-refractivity contribution in [3.05, 3.63) is 53.1 Å². The first-order valence-corrected chi connectivity index (χ1v) is 12.2. The van der Waals surface area contributed by atoms with Crippen molar-refractivity contribution in [2.24, 2.45) is 11.7 Å². The van der Waals surface area contributed by atoms with Crippen molar-refractivity contribution < 1.29 is 28.3 Å². The first-order valence-electron chi connectivity index (χ1n) is 10.7. The van der Waals surface area contributed by atoms with Crippen molar-refractivity contribution in [1.29, 1.82) is 0 Å². The van der Waals surface area contributed by atoms with Gasteiger partial charge < -0.3 is 25.0 Å². The number of hydrogen-bond donors (Lipinski definition) is 3. The van der Waals surface area contributed by atoms with E-state index in [1.807, 2.05) is 24.3 Å². The molecule has 4 N–H and O–H groups in total. The summed E-state index contributed by atoms with van der Waals surface area (Å²) in [6, 6.07) is 8.03. The van der Waals surface area contributed by atoms with Crippen molar-refractivity contribution in [2.45, 2.75) is 57.1 Å². The average Bonchev–Trinajstić information content (AvgIpc) is 3.09. The number of phosphoric acid groups is 1. The van der Waals surface area contributed by atoms with Crippen LogP contribution in [-0.2, 0) is 13.8 Å². The number of hydrogen-bond acceptors (Lipinski definition) is 5. The molecule has 7 nitrogen and oxygen atoms in total. The van der Waals surface area contributed by atoms with Gasteiger partial charge in [0.15, 0.2) is 0 Å². The maximum Gasteiger partial charge on any atom is 0.469 e. The second kappa shape index (κ2) is 9.99. The third-order valence-corrected chi connectivity index (χ3v) is 6.71. The summed E-state index contributed by atoms with van der Waals surface area (Å²) in [5, 5.41) is 0. The van der Waals surface area contributed by atoms with Gasteiger partial charge in [0.25, 0.3) is 0 Å². The maximum absolute atomic E-state index is 11.0. The lowest BCUT2D eigenvalue weighted by molar-refractivity contribution is 0.101. The second-order valence-electron chi connectivity index (χ2n) is 8.88. The normalized spacial score (nSPS) is 28.9. The first-order chi connectivity index (χ1) is 14.6. The number of methoxy groups -OCH3 is 1. The molecule has 4 atom stereocenters. The van der Waals surface area contributed by atoms with E-state index in [1.165, 1.54) is 11.1 Å². The zero-order valence-corrected chi connectivity index (χ0v) is 19.4. The van der Waals surface area contributed by atoms with E-state index in [1.54, 1.807) is 7.11 Å². The highest BCUT2D eigenvalue weighted by Crippen LogP contribution is 2.43. The lowest BCUT2D eigenvalue weighted by atomic mass is 9.88. The van der Waals surface area contributed by atoms with Crippen LogP contribution in [0.5, 0.6) is 5.75 Å². The van der Waals surface area contributed by atoms with Gasteiger partial charge in [-0.3, -0.25) is 4.52 Å². The van der Waals surface area contributed by atoms with Crippen LogP contribution in [0, 0.1) is 5.92 Å². The van der Waals surface area contributed by atoms with Gasteiger partial charge in [0, 0.05) is 25.0 Å². The number of allylic oxidation sites excluding steroid dienone is 1. The van der Waals surface area contributed by atoms with Gasteiger partial charge in [0.1, 0.15) is 5.75 Å². The molecule has 8 heteroatoms. The minimum atomic E-state index is -4.50. The topological polar surface area (TPSA) is 111 Å². The van der Waals surface area contributed by atoms with E-state index < -0.39 is 13.4 Å². The molecule has 0 spiro atoms. The van der Waals surface area contributed by atoms with E-state index in [4.69, 9.17) is 25.0 Å². The molecule has 3 rings (SSSR count). The van der Waals surface area contributed by atoms with Crippen LogP contribution >= 0.6 is 7.82 Å². The van der Waals surface area contributed by atoms with E-state index in [-0.39, 0.29) is 18.6 Å². The van der Waals surface area contributed by atoms with E-state index in [9.17, 15) is 4.57 Å². The van der Waals surface area contributed by atoms with Gasteiger partial charge in [0.2, 0.25) is 0 Å². The highest BCUT2D eigenvalue weighted by molar-refractivity contribution is 7.46. The molecule has 1 saturated carbocycles. The molecule has 172 valence electrons. The van der Waals surface area contributed by atoms with Crippen molar-refractivity contribution in [3.63, 3.8) is 0 Å². The molecule has 2 unspecified atom stereocenters. The minimum absolute atomic E-state index is 0.136. The van der Waals surface area contributed by atoms with Crippen LogP contribution < -0.4 is 10.5 Å². The molecule has 0 aliphatic heterocycles. The maximum atomic E-state index is 11.0. The summed E-state index contributed by atoms with van der Waals surface area (Å²) < 4.78 is 27.1. The fraction of sp³-hybridized carbons (Fsp3) is 0.565.